The van der Waals surface area contributed by atoms with Gasteiger partial charge in [0.05, 0.1) is 17.9 Å². The van der Waals surface area contributed by atoms with Gasteiger partial charge in [-0.1, -0.05) is 48.5 Å². The van der Waals surface area contributed by atoms with Crippen molar-refractivity contribution in [3.8, 4) is 5.69 Å². The van der Waals surface area contributed by atoms with Crippen molar-refractivity contribution in [3.63, 3.8) is 0 Å². The van der Waals surface area contributed by atoms with Crippen LogP contribution in [0, 0.1) is 17.2 Å². The summed E-state index contributed by atoms with van der Waals surface area (Å²) < 4.78 is 15.0. The number of hydrogen-bond acceptors (Lipinski definition) is 3. The lowest BCUT2D eigenvalue weighted by atomic mass is 9.84. The molecule has 1 N–H and O–H groups in total. The maximum absolute atomic E-state index is 13.4. The lowest BCUT2D eigenvalue weighted by molar-refractivity contribution is -0.135. The molecule has 1 heterocycles. The number of rotatable bonds is 8. The van der Waals surface area contributed by atoms with Gasteiger partial charge in [-0.05, 0) is 48.9 Å². The Morgan fingerprint density at radius 2 is 1.73 bits per heavy atom. The SMILES string of the molecule is CCN(CC(=O)Nc1cc(C(C)(C)C)nn1-c1ccc(F)cc1)C(=O)CC(C)CC(C)(C)C. The van der Waals surface area contributed by atoms with E-state index in [1.54, 1.807) is 21.7 Å². The third-order valence-corrected chi connectivity index (χ3v) is 5.37. The average Bonchev–Trinajstić information content (AvgIpc) is 3.09. The average molecular weight is 459 g/mol. The van der Waals surface area contributed by atoms with Crippen LogP contribution < -0.4 is 5.32 Å². The molecule has 0 bridgehead atoms. The van der Waals surface area contributed by atoms with Crippen molar-refractivity contribution in [2.24, 2.45) is 11.3 Å². The number of nitrogens with one attached hydrogen (secondary N) is 1. The molecule has 7 heteroatoms. The van der Waals surface area contributed by atoms with Gasteiger partial charge in [0.25, 0.3) is 0 Å². The maximum atomic E-state index is 13.4. The van der Waals surface area contributed by atoms with Crippen molar-refractivity contribution in [2.45, 2.75) is 73.6 Å². The van der Waals surface area contributed by atoms with E-state index in [9.17, 15) is 14.0 Å². The minimum absolute atomic E-state index is 0.0215. The van der Waals surface area contributed by atoms with E-state index in [0.717, 1.165) is 12.1 Å². The molecular formula is C26H39FN4O2. The molecular weight excluding hydrogens is 419 g/mol. The largest absolute Gasteiger partial charge is 0.334 e. The zero-order valence-electron chi connectivity index (χ0n) is 21.3. The molecule has 2 amide bonds. The summed E-state index contributed by atoms with van der Waals surface area (Å²) in [6.07, 6.45) is 1.36. The summed E-state index contributed by atoms with van der Waals surface area (Å²) in [7, 11) is 0. The highest BCUT2D eigenvalue weighted by atomic mass is 19.1. The van der Waals surface area contributed by atoms with E-state index in [2.05, 4.69) is 38.1 Å². The van der Waals surface area contributed by atoms with Crippen LogP contribution in [0.25, 0.3) is 5.69 Å². The highest BCUT2D eigenvalue weighted by Crippen LogP contribution is 2.27. The van der Waals surface area contributed by atoms with Gasteiger partial charge in [0.1, 0.15) is 11.6 Å². The van der Waals surface area contributed by atoms with Gasteiger partial charge < -0.3 is 10.2 Å². The molecule has 182 valence electrons. The fourth-order valence-corrected chi connectivity index (χ4v) is 3.89. The van der Waals surface area contributed by atoms with Crippen molar-refractivity contribution in [1.29, 1.82) is 0 Å². The van der Waals surface area contributed by atoms with Crippen molar-refractivity contribution >= 4 is 17.6 Å². The molecule has 1 unspecified atom stereocenters. The van der Waals surface area contributed by atoms with E-state index in [4.69, 9.17) is 0 Å². The molecule has 33 heavy (non-hydrogen) atoms. The number of halogens is 1. The predicted molar refractivity (Wildman–Crippen MR) is 131 cm³/mol. The standard InChI is InChI=1S/C26H39FN4O2/c1-9-30(24(33)14-18(2)16-25(3,4)5)17-23(32)28-22-15-21(26(6,7)8)29-31(22)20-12-10-19(27)11-13-20/h10-13,15,18H,9,14,16-17H2,1-8H3,(H,28,32). The monoisotopic (exact) mass is 458 g/mol. The quantitative estimate of drug-likeness (QED) is 0.563. The van der Waals surface area contributed by atoms with Crippen molar-refractivity contribution in [2.75, 3.05) is 18.4 Å². The van der Waals surface area contributed by atoms with Crippen LogP contribution in [0.1, 0.15) is 73.9 Å². The van der Waals surface area contributed by atoms with Crippen LogP contribution >= 0.6 is 0 Å². The fourth-order valence-electron chi connectivity index (χ4n) is 3.89. The Morgan fingerprint density at radius 1 is 1.12 bits per heavy atom. The Morgan fingerprint density at radius 3 is 2.24 bits per heavy atom. The van der Waals surface area contributed by atoms with Gasteiger partial charge in [0, 0.05) is 24.4 Å². The van der Waals surface area contributed by atoms with Crippen LogP contribution in [0.3, 0.4) is 0 Å². The zero-order valence-corrected chi connectivity index (χ0v) is 21.3. The van der Waals surface area contributed by atoms with Crippen LogP contribution in [-0.4, -0.2) is 39.6 Å². The van der Waals surface area contributed by atoms with Gasteiger partial charge in [-0.3, -0.25) is 9.59 Å². The summed E-state index contributed by atoms with van der Waals surface area (Å²) in [5.74, 6) is 0.0690. The molecule has 0 spiro atoms. The third-order valence-electron chi connectivity index (χ3n) is 5.37. The van der Waals surface area contributed by atoms with Crippen molar-refractivity contribution in [3.05, 3.63) is 41.8 Å². The van der Waals surface area contributed by atoms with E-state index in [0.29, 0.717) is 24.5 Å². The molecule has 2 rings (SSSR count). The zero-order chi connectivity index (χ0) is 25.0. The molecule has 6 nitrogen and oxygen atoms in total. The number of carbonyl (C=O) groups is 2. The number of benzene rings is 1. The molecule has 0 fully saturated rings. The first kappa shape index (κ1) is 26.6. The highest BCUT2D eigenvalue weighted by Gasteiger charge is 2.24. The minimum Gasteiger partial charge on any atom is -0.334 e. The molecule has 0 aliphatic heterocycles. The Kier molecular flexibility index (Phi) is 8.44. The Bertz CT molecular complexity index is 952. The maximum Gasteiger partial charge on any atom is 0.245 e. The number of likely N-dealkylation sites (N-methyl/N-ethyl adjacent to an activating group) is 1. The number of carbonyl (C=O) groups excluding carboxylic acids is 2. The molecule has 1 aromatic heterocycles. The van der Waals surface area contributed by atoms with E-state index < -0.39 is 0 Å². The Labute approximate surface area is 197 Å². The van der Waals surface area contributed by atoms with E-state index in [1.165, 1.54) is 12.1 Å². The lowest BCUT2D eigenvalue weighted by Gasteiger charge is -2.26. The van der Waals surface area contributed by atoms with Crippen LogP contribution in [0.4, 0.5) is 10.2 Å². The summed E-state index contributed by atoms with van der Waals surface area (Å²) in [6, 6.07) is 7.77. The molecule has 0 saturated carbocycles. The molecule has 0 aliphatic carbocycles. The van der Waals surface area contributed by atoms with Gasteiger partial charge in [0.15, 0.2) is 0 Å². The number of nitrogens with zero attached hydrogens (tertiary/aromatic N) is 3. The number of aromatic nitrogens is 2. The van der Waals surface area contributed by atoms with Gasteiger partial charge in [-0.15, -0.1) is 0 Å². The summed E-state index contributed by atoms with van der Waals surface area (Å²) >= 11 is 0. The Hall–Kier alpha value is -2.70. The van der Waals surface area contributed by atoms with Crippen molar-refractivity contribution in [1.82, 2.24) is 14.7 Å². The second-order valence-electron chi connectivity index (χ2n) is 11.1. The molecule has 0 radical (unpaired) electrons. The number of anilines is 1. The second kappa shape index (κ2) is 10.5. The van der Waals surface area contributed by atoms with Crippen LogP contribution in [-0.2, 0) is 15.0 Å². The van der Waals surface area contributed by atoms with Gasteiger partial charge in [-0.25, -0.2) is 9.07 Å². The first-order chi connectivity index (χ1) is 15.2. The first-order valence-electron chi connectivity index (χ1n) is 11.6. The van der Waals surface area contributed by atoms with Crippen LogP contribution in [0.2, 0.25) is 0 Å². The topological polar surface area (TPSA) is 67.2 Å². The molecule has 0 aliphatic rings. The summed E-state index contributed by atoms with van der Waals surface area (Å²) in [5, 5.41) is 7.54. The smallest absolute Gasteiger partial charge is 0.245 e. The van der Waals surface area contributed by atoms with Gasteiger partial charge in [0.2, 0.25) is 11.8 Å². The van der Waals surface area contributed by atoms with E-state index in [1.807, 2.05) is 33.8 Å². The summed E-state index contributed by atoms with van der Waals surface area (Å²) in [6.45, 7) is 17.0. The van der Waals surface area contributed by atoms with E-state index >= 15 is 0 Å². The number of hydrogen-bond donors (Lipinski definition) is 1. The van der Waals surface area contributed by atoms with Crippen molar-refractivity contribution < 1.29 is 14.0 Å². The van der Waals surface area contributed by atoms with Gasteiger partial charge >= 0.3 is 0 Å². The highest BCUT2D eigenvalue weighted by molar-refractivity contribution is 5.94. The lowest BCUT2D eigenvalue weighted by Crippen LogP contribution is -2.38. The second-order valence-corrected chi connectivity index (χ2v) is 11.1. The van der Waals surface area contributed by atoms with E-state index in [-0.39, 0.29) is 40.9 Å². The minimum atomic E-state index is -0.342. The third kappa shape index (κ3) is 7.98. The van der Waals surface area contributed by atoms with Crippen LogP contribution in [0.15, 0.2) is 30.3 Å². The fraction of sp³-hybridized carbons (Fsp3) is 0.577. The van der Waals surface area contributed by atoms with Crippen LogP contribution in [0.5, 0.6) is 0 Å². The first-order valence-corrected chi connectivity index (χ1v) is 11.6. The molecule has 2 aromatic rings. The normalized spacial score (nSPS) is 13.0. The summed E-state index contributed by atoms with van der Waals surface area (Å²) in [4.78, 5) is 27.3. The summed E-state index contributed by atoms with van der Waals surface area (Å²) in [5.41, 5.74) is 1.35. The molecule has 1 atom stereocenters. The molecule has 1 aromatic carbocycles. The molecule has 0 saturated heterocycles. The number of amides is 2. The Balaban J connectivity index is 2.17. The van der Waals surface area contributed by atoms with Gasteiger partial charge in [-0.2, -0.15) is 5.10 Å². The predicted octanol–water partition coefficient (Wildman–Crippen LogP) is 5.56.